The van der Waals surface area contributed by atoms with Crippen LogP contribution < -0.4 is 10.5 Å². The monoisotopic (exact) mass is 249 g/mol. The van der Waals surface area contributed by atoms with Gasteiger partial charge in [0, 0.05) is 11.3 Å². The SMILES string of the molecule is NC(c1cccc(OC2CC2)c1)C1CCCS1. The summed E-state index contributed by atoms with van der Waals surface area (Å²) in [4.78, 5) is 0. The molecule has 0 spiro atoms. The van der Waals surface area contributed by atoms with Crippen molar-refractivity contribution in [3.63, 3.8) is 0 Å². The van der Waals surface area contributed by atoms with Crippen LogP contribution in [0.5, 0.6) is 5.75 Å². The Kier molecular flexibility index (Phi) is 3.30. The highest BCUT2D eigenvalue weighted by atomic mass is 32.2. The second-order valence-corrected chi connectivity index (χ2v) is 6.31. The Hall–Kier alpha value is -0.670. The first-order chi connectivity index (χ1) is 8.33. The third kappa shape index (κ3) is 2.78. The van der Waals surface area contributed by atoms with E-state index in [1.54, 1.807) is 0 Å². The first-order valence-corrected chi connectivity index (χ1v) is 7.51. The minimum absolute atomic E-state index is 0.158. The lowest BCUT2D eigenvalue weighted by atomic mass is 10.0. The summed E-state index contributed by atoms with van der Waals surface area (Å²) in [6.07, 6.45) is 5.42. The molecule has 3 heteroatoms. The van der Waals surface area contributed by atoms with Crippen LogP contribution in [-0.4, -0.2) is 17.1 Å². The number of hydrogen-bond donors (Lipinski definition) is 1. The molecular formula is C14H19NOS. The Morgan fingerprint density at radius 1 is 1.29 bits per heavy atom. The Morgan fingerprint density at radius 2 is 2.18 bits per heavy atom. The van der Waals surface area contributed by atoms with Crippen LogP contribution in [0.4, 0.5) is 0 Å². The van der Waals surface area contributed by atoms with Crippen molar-refractivity contribution in [3.8, 4) is 5.75 Å². The molecule has 92 valence electrons. The number of thioether (sulfide) groups is 1. The van der Waals surface area contributed by atoms with Crippen molar-refractivity contribution in [2.45, 2.75) is 43.1 Å². The Labute approximate surface area is 107 Å². The first-order valence-electron chi connectivity index (χ1n) is 6.47. The zero-order chi connectivity index (χ0) is 11.7. The molecule has 1 aliphatic carbocycles. The predicted octanol–water partition coefficient (Wildman–Crippen LogP) is 3.12. The van der Waals surface area contributed by atoms with Crippen LogP contribution in [-0.2, 0) is 0 Å². The fourth-order valence-electron chi connectivity index (χ4n) is 2.27. The lowest BCUT2D eigenvalue weighted by Gasteiger charge is -2.19. The molecule has 1 saturated carbocycles. The van der Waals surface area contributed by atoms with Gasteiger partial charge in [0.25, 0.3) is 0 Å². The maximum atomic E-state index is 6.34. The molecule has 2 fully saturated rings. The van der Waals surface area contributed by atoms with E-state index in [1.165, 1.54) is 37.0 Å². The number of rotatable bonds is 4. The van der Waals surface area contributed by atoms with Gasteiger partial charge in [-0.25, -0.2) is 0 Å². The highest BCUT2D eigenvalue weighted by molar-refractivity contribution is 8.00. The molecule has 2 unspecified atom stereocenters. The fraction of sp³-hybridized carbons (Fsp3) is 0.571. The molecule has 0 aromatic heterocycles. The average molecular weight is 249 g/mol. The van der Waals surface area contributed by atoms with E-state index in [1.807, 2.05) is 17.8 Å². The molecule has 3 rings (SSSR count). The molecule has 0 radical (unpaired) electrons. The minimum Gasteiger partial charge on any atom is -0.490 e. The van der Waals surface area contributed by atoms with E-state index in [4.69, 9.17) is 10.5 Å². The maximum Gasteiger partial charge on any atom is 0.120 e. The van der Waals surface area contributed by atoms with Gasteiger partial charge in [-0.3, -0.25) is 0 Å². The van der Waals surface area contributed by atoms with Gasteiger partial charge in [0.15, 0.2) is 0 Å². The average Bonchev–Trinajstić information content (AvgIpc) is 2.99. The summed E-state index contributed by atoms with van der Waals surface area (Å²) in [6.45, 7) is 0. The molecule has 0 amide bonds. The number of ether oxygens (including phenoxy) is 1. The molecule has 2 aliphatic rings. The maximum absolute atomic E-state index is 6.34. The largest absolute Gasteiger partial charge is 0.490 e. The van der Waals surface area contributed by atoms with Gasteiger partial charge >= 0.3 is 0 Å². The summed E-state index contributed by atoms with van der Waals surface area (Å²) < 4.78 is 5.82. The van der Waals surface area contributed by atoms with Crippen LogP contribution in [0, 0.1) is 0 Å². The third-order valence-corrected chi connectivity index (χ3v) is 4.92. The summed E-state index contributed by atoms with van der Waals surface area (Å²) in [5.41, 5.74) is 7.56. The number of hydrogen-bond acceptors (Lipinski definition) is 3. The molecule has 1 saturated heterocycles. The van der Waals surface area contributed by atoms with Gasteiger partial charge in [0.05, 0.1) is 6.10 Å². The van der Waals surface area contributed by atoms with Crippen molar-refractivity contribution in [1.29, 1.82) is 0 Å². The lowest BCUT2D eigenvalue weighted by molar-refractivity contribution is 0.302. The molecule has 2 nitrogen and oxygen atoms in total. The smallest absolute Gasteiger partial charge is 0.120 e. The topological polar surface area (TPSA) is 35.2 Å². The molecule has 17 heavy (non-hydrogen) atoms. The molecule has 1 heterocycles. The van der Waals surface area contributed by atoms with E-state index in [0.29, 0.717) is 11.4 Å². The van der Waals surface area contributed by atoms with Crippen LogP contribution in [0.15, 0.2) is 24.3 Å². The highest BCUT2D eigenvalue weighted by Crippen LogP contribution is 2.36. The quantitative estimate of drug-likeness (QED) is 0.890. The Balaban J connectivity index is 1.71. The van der Waals surface area contributed by atoms with Crippen LogP contribution >= 0.6 is 11.8 Å². The molecule has 2 N–H and O–H groups in total. The van der Waals surface area contributed by atoms with E-state index >= 15 is 0 Å². The van der Waals surface area contributed by atoms with Gasteiger partial charge < -0.3 is 10.5 Å². The van der Waals surface area contributed by atoms with Gasteiger partial charge in [-0.15, -0.1) is 0 Å². The highest BCUT2D eigenvalue weighted by Gasteiger charge is 2.26. The van der Waals surface area contributed by atoms with Gasteiger partial charge in [0.1, 0.15) is 5.75 Å². The van der Waals surface area contributed by atoms with Gasteiger partial charge in [-0.1, -0.05) is 12.1 Å². The second kappa shape index (κ2) is 4.91. The van der Waals surface area contributed by atoms with Crippen molar-refractivity contribution < 1.29 is 4.74 Å². The van der Waals surface area contributed by atoms with Gasteiger partial charge in [-0.2, -0.15) is 11.8 Å². The predicted molar refractivity (Wildman–Crippen MR) is 72.5 cm³/mol. The van der Waals surface area contributed by atoms with Crippen molar-refractivity contribution in [1.82, 2.24) is 0 Å². The molecular weight excluding hydrogens is 230 g/mol. The third-order valence-electron chi connectivity index (χ3n) is 3.44. The zero-order valence-electron chi connectivity index (χ0n) is 9.97. The summed E-state index contributed by atoms with van der Waals surface area (Å²) >= 11 is 2.01. The number of benzene rings is 1. The standard InChI is InChI=1S/C14H19NOS/c15-14(13-5-2-8-17-13)10-3-1-4-12(9-10)16-11-6-7-11/h1,3-4,9,11,13-14H,2,5-8,15H2. The van der Waals surface area contributed by atoms with Crippen molar-refractivity contribution >= 4 is 11.8 Å². The summed E-state index contributed by atoms with van der Waals surface area (Å²) in [5, 5.41) is 0.589. The van der Waals surface area contributed by atoms with E-state index in [0.717, 1.165) is 5.75 Å². The van der Waals surface area contributed by atoms with Gasteiger partial charge in [-0.05, 0) is 49.1 Å². The molecule has 1 aliphatic heterocycles. The summed E-state index contributed by atoms with van der Waals surface area (Å²) in [7, 11) is 0. The second-order valence-electron chi connectivity index (χ2n) is 4.97. The minimum atomic E-state index is 0.158. The Bertz CT molecular complexity index is 386. The summed E-state index contributed by atoms with van der Waals surface area (Å²) in [5.74, 6) is 2.25. The zero-order valence-corrected chi connectivity index (χ0v) is 10.8. The molecule has 1 aromatic rings. The normalized spacial score (nSPS) is 25.8. The van der Waals surface area contributed by atoms with E-state index in [9.17, 15) is 0 Å². The van der Waals surface area contributed by atoms with E-state index in [-0.39, 0.29) is 6.04 Å². The molecule has 0 bridgehead atoms. The van der Waals surface area contributed by atoms with Crippen LogP contribution in [0.1, 0.15) is 37.3 Å². The van der Waals surface area contributed by atoms with Crippen LogP contribution in [0.3, 0.4) is 0 Å². The first kappa shape index (κ1) is 11.4. The molecule has 2 atom stereocenters. The van der Waals surface area contributed by atoms with Crippen molar-refractivity contribution in [2.75, 3.05) is 5.75 Å². The summed E-state index contributed by atoms with van der Waals surface area (Å²) in [6, 6.07) is 8.51. The van der Waals surface area contributed by atoms with Crippen LogP contribution in [0.25, 0.3) is 0 Å². The number of nitrogens with two attached hydrogens (primary N) is 1. The van der Waals surface area contributed by atoms with E-state index in [2.05, 4.69) is 18.2 Å². The lowest BCUT2D eigenvalue weighted by Crippen LogP contribution is -2.21. The van der Waals surface area contributed by atoms with Crippen molar-refractivity contribution in [3.05, 3.63) is 29.8 Å². The van der Waals surface area contributed by atoms with Crippen LogP contribution in [0.2, 0.25) is 0 Å². The Morgan fingerprint density at radius 3 is 2.88 bits per heavy atom. The van der Waals surface area contributed by atoms with Gasteiger partial charge in [0.2, 0.25) is 0 Å². The fourth-order valence-corrected chi connectivity index (χ4v) is 3.61. The van der Waals surface area contributed by atoms with Crippen molar-refractivity contribution in [2.24, 2.45) is 5.73 Å². The molecule has 1 aromatic carbocycles. The van der Waals surface area contributed by atoms with E-state index < -0.39 is 0 Å².